The van der Waals surface area contributed by atoms with Crippen LogP contribution in [0, 0.1) is 26.7 Å². The Morgan fingerprint density at radius 1 is 1.09 bits per heavy atom. The van der Waals surface area contributed by atoms with Gasteiger partial charge in [-0.3, -0.25) is 14.3 Å². The van der Waals surface area contributed by atoms with Crippen LogP contribution in [0.5, 0.6) is 0 Å². The number of aryl methyl sites for hydroxylation is 3. The number of benzene rings is 2. The molecule has 0 radical (unpaired) electrons. The molecule has 2 aromatic rings. The van der Waals surface area contributed by atoms with Crippen molar-refractivity contribution >= 4 is 27.5 Å². The highest BCUT2D eigenvalue weighted by atomic mass is 32.2. The fourth-order valence-corrected chi connectivity index (χ4v) is 5.89. The molecule has 33 heavy (non-hydrogen) atoms. The first-order chi connectivity index (χ1) is 15.5. The molecule has 2 N–H and O–H groups in total. The van der Waals surface area contributed by atoms with E-state index in [-0.39, 0.29) is 16.7 Å². The summed E-state index contributed by atoms with van der Waals surface area (Å²) in [5, 5.41) is 2.91. The Morgan fingerprint density at radius 3 is 2.39 bits per heavy atom. The van der Waals surface area contributed by atoms with Crippen LogP contribution in [-0.2, 0) is 14.8 Å². The number of carbonyl (C=O) groups is 2. The van der Waals surface area contributed by atoms with Gasteiger partial charge in [-0.05, 0) is 68.9 Å². The van der Waals surface area contributed by atoms with E-state index in [1.807, 2.05) is 32.9 Å². The molecule has 0 aromatic heterocycles. The first-order valence-electron chi connectivity index (χ1n) is 11.3. The second-order valence-electron chi connectivity index (χ2n) is 9.21. The molecule has 1 aliphatic heterocycles. The second kappa shape index (κ2) is 9.95. The van der Waals surface area contributed by atoms with Crippen molar-refractivity contribution in [3.05, 3.63) is 58.7 Å². The van der Waals surface area contributed by atoms with Gasteiger partial charge in [-0.2, -0.15) is 0 Å². The quantitative estimate of drug-likeness (QED) is 0.642. The summed E-state index contributed by atoms with van der Waals surface area (Å²) in [7, 11) is -3.83. The monoisotopic (exact) mass is 471 g/mol. The number of nitrogens with zero attached hydrogens (tertiary/aromatic N) is 1. The van der Waals surface area contributed by atoms with Crippen molar-refractivity contribution in [1.82, 2.24) is 10.2 Å². The highest BCUT2D eigenvalue weighted by Crippen LogP contribution is 2.26. The Hall–Kier alpha value is -2.87. The van der Waals surface area contributed by atoms with Gasteiger partial charge in [0.25, 0.3) is 15.9 Å². The van der Waals surface area contributed by atoms with E-state index in [0.29, 0.717) is 47.8 Å². The van der Waals surface area contributed by atoms with Crippen molar-refractivity contribution < 1.29 is 18.0 Å². The smallest absolute Gasteiger partial charge is 0.262 e. The lowest BCUT2D eigenvalue weighted by atomic mass is 10.1. The van der Waals surface area contributed by atoms with Crippen LogP contribution in [-0.4, -0.2) is 44.3 Å². The maximum atomic E-state index is 13.2. The van der Waals surface area contributed by atoms with Crippen LogP contribution in [0.1, 0.15) is 53.7 Å². The van der Waals surface area contributed by atoms with E-state index in [1.54, 1.807) is 36.9 Å². The van der Waals surface area contributed by atoms with E-state index in [0.717, 1.165) is 12.0 Å². The number of likely N-dealkylation sites (tertiary alicyclic amines) is 1. The topological polar surface area (TPSA) is 95.6 Å². The fourth-order valence-electron chi connectivity index (χ4n) is 4.38. The second-order valence-corrected chi connectivity index (χ2v) is 10.8. The molecule has 1 fully saturated rings. The fraction of sp³-hybridized carbons (Fsp3) is 0.440. The van der Waals surface area contributed by atoms with E-state index < -0.39 is 16.1 Å². The molecule has 0 aliphatic carbocycles. The maximum Gasteiger partial charge on any atom is 0.262 e. The van der Waals surface area contributed by atoms with Crippen LogP contribution in [0.3, 0.4) is 0 Å². The molecular weight excluding hydrogens is 438 g/mol. The van der Waals surface area contributed by atoms with Gasteiger partial charge in [-0.15, -0.1) is 0 Å². The molecule has 8 heteroatoms. The minimum absolute atomic E-state index is 0.142. The summed E-state index contributed by atoms with van der Waals surface area (Å²) in [6, 6.07) is 9.59. The molecule has 178 valence electrons. The van der Waals surface area contributed by atoms with Gasteiger partial charge in [-0.1, -0.05) is 37.6 Å². The Morgan fingerprint density at radius 2 is 1.76 bits per heavy atom. The molecule has 1 atom stereocenters. The summed E-state index contributed by atoms with van der Waals surface area (Å²) < 4.78 is 28.8. The van der Waals surface area contributed by atoms with Crippen molar-refractivity contribution in [2.24, 2.45) is 5.92 Å². The lowest BCUT2D eigenvalue weighted by Crippen LogP contribution is -2.46. The third-order valence-electron chi connectivity index (χ3n) is 5.74. The number of amides is 2. The number of rotatable bonds is 7. The van der Waals surface area contributed by atoms with Gasteiger partial charge in [0.15, 0.2) is 0 Å². The van der Waals surface area contributed by atoms with Crippen LogP contribution in [0.2, 0.25) is 0 Å². The standard InChI is InChI=1S/C25H33N3O4S/c1-16(2)15-26-24(29)22-10-7-11-28(22)25(30)20-8-6-9-21(14-20)27-33(31,32)23-18(4)12-17(3)13-19(23)5/h6,8-9,12-14,16,22,27H,7,10-11,15H2,1-5H3,(H,26,29)/t22-/m1/s1. The number of carbonyl (C=O) groups excluding carboxylic acids is 2. The number of sulfonamides is 1. The number of hydrogen-bond donors (Lipinski definition) is 2. The molecule has 7 nitrogen and oxygen atoms in total. The lowest BCUT2D eigenvalue weighted by molar-refractivity contribution is -0.125. The van der Waals surface area contributed by atoms with Crippen LogP contribution in [0.15, 0.2) is 41.3 Å². The van der Waals surface area contributed by atoms with E-state index in [9.17, 15) is 18.0 Å². The Labute approximate surface area is 196 Å². The largest absolute Gasteiger partial charge is 0.354 e. The SMILES string of the molecule is Cc1cc(C)c(S(=O)(=O)Nc2cccc(C(=O)N3CCC[C@@H]3C(=O)NCC(C)C)c2)c(C)c1. The molecule has 0 unspecified atom stereocenters. The normalized spacial score (nSPS) is 16.2. The van der Waals surface area contributed by atoms with Crippen molar-refractivity contribution in [1.29, 1.82) is 0 Å². The van der Waals surface area contributed by atoms with E-state index in [4.69, 9.17) is 0 Å². The van der Waals surface area contributed by atoms with Gasteiger partial charge in [0.1, 0.15) is 6.04 Å². The van der Waals surface area contributed by atoms with Crippen LogP contribution in [0.25, 0.3) is 0 Å². The van der Waals surface area contributed by atoms with Crippen LogP contribution >= 0.6 is 0 Å². The minimum Gasteiger partial charge on any atom is -0.354 e. The third kappa shape index (κ3) is 5.74. The first-order valence-corrected chi connectivity index (χ1v) is 12.8. The zero-order valence-corrected chi connectivity index (χ0v) is 20.8. The summed E-state index contributed by atoms with van der Waals surface area (Å²) in [5.41, 5.74) is 2.98. The predicted octanol–water partition coefficient (Wildman–Crippen LogP) is 3.79. The van der Waals surface area contributed by atoms with Crippen molar-refractivity contribution in [3.63, 3.8) is 0 Å². The molecule has 3 rings (SSSR count). The summed E-state index contributed by atoms with van der Waals surface area (Å²) in [4.78, 5) is 27.6. The number of anilines is 1. The summed E-state index contributed by atoms with van der Waals surface area (Å²) >= 11 is 0. The number of hydrogen-bond acceptors (Lipinski definition) is 4. The van der Waals surface area contributed by atoms with E-state index >= 15 is 0 Å². The zero-order chi connectivity index (χ0) is 24.3. The Kier molecular flexibility index (Phi) is 7.47. The Bertz CT molecular complexity index is 1130. The van der Waals surface area contributed by atoms with Gasteiger partial charge in [0.05, 0.1) is 4.90 Å². The van der Waals surface area contributed by atoms with Crippen molar-refractivity contribution in [2.45, 2.75) is 58.4 Å². The average Bonchev–Trinajstić information content (AvgIpc) is 3.20. The maximum absolute atomic E-state index is 13.2. The molecule has 0 saturated carbocycles. The molecule has 1 aliphatic rings. The lowest BCUT2D eigenvalue weighted by Gasteiger charge is -2.24. The zero-order valence-electron chi connectivity index (χ0n) is 19.9. The Balaban J connectivity index is 1.81. The molecular formula is C25H33N3O4S. The van der Waals surface area contributed by atoms with Gasteiger partial charge < -0.3 is 10.2 Å². The van der Waals surface area contributed by atoms with Gasteiger partial charge >= 0.3 is 0 Å². The van der Waals surface area contributed by atoms with Gasteiger partial charge in [0.2, 0.25) is 5.91 Å². The van der Waals surface area contributed by atoms with Gasteiger partial charge in [0, 0.05) is 24.3 Å². The summed E-state index contributed by atoms with van der Waals surface area (Å²) in [6.45, 7) is 10.6. The first kappa shape index (κ1) is 24.8. The van der Waals surface area contributed by atoms with E-state index in [1.165, 1.54) is 6.07 Å². The minimum atomic E-state index is -3.83. The van der Waals surface area contributed by atoms with E-state index in [2.05, 4.69) is 10.0 Å². The molecule has 2 aromatic carbocycles. The molecule has 0 spiro atoms. The summed E-state index contributed by atoms with van der Waals surface area (Å²) in [5.74, 6) is -0.0947. The number of nitrogens with one attached hydrogen (secondary N) is 2. The van der Waals surface area contributed by atoms with Crippen LogP contribution < -0.4 is 10.0 Å². The highest BCUT2D eigenvalue weighted by Gasteiger charge is 2.34. The van der Waals surface area contributed by atoms with Gasteiger partial charge in [-0.25, -0.2) is 8.42 Å². The average molecular weight is 472 g/mol. The molecule has 1 heterocycles. The highest BCUT2D eigenvalue weighted by molar-refractivity contribution is 7.92. The molecule has 2 amide bonds. The summed E-state index contributed by atoms with van der Waals surface area (Å²) in [6.07, 6.45) is 1.37. The van der Waals surface area contributed by atoms with Crippen LogP contribution in [0.4, 0.5) is 5.69 Å². The third-order valence-corrected chi connectivity index (χ3v) is 7.42. The van der Waals surface area contributed by atoms with Crippen molar-refractivity contribution in [3.8, 4) is 0 Å². The molecule has 0 bridgehead atoms. The predicted molar refractivity (Wildman–Crippen MR) is 130 cm³/mol. The molecule has 1 saturated heterocycles. The van der Waals surface area contributed by atoms with Crippen molar-refractivity contribution in [2.75, 3.05) is 17.8 Å².